The number of hydrogen-bond acceptors (Lipinski definition) is 11. The largest absolute Gasteiger partial charge is 0.530 e. The number of halogens is 4. The minimum absolute atomic E-state index is 0.0960. The molecule has 2 aliphatic heterocycles. The molecule has 0 spiro atoms. The van der Waals surface area contributed by atoms with Crippen LogP contribution in [0.15, 0.2) is 42.7 Å². The lowest BCUT2D eigenvalue weighted by atomic mass is 9.96. The van der Waals surface area contributed by atoms with Gasteiger partial charge in [-0.1, -0.05) is 120 Å². The molecular formula is C41H58ClF3N5O7P. The molecule has 1 unspecified atom stereocenters. The first-order valence-electron chi connectivity index (χ1n) is 20.7. The molecule has 2 aliphatic rings. The van der Waals surface area contributed by atoms with Gasteiger partial charge in [-0.25, -0.2) is 14.1 Å². The van der Waals surface area contributed by atoms with Gasteiger partial charge in [0.1, 0.15) is 48.6 Å². The summed E-state index contributed by atoms with van der Waals surface area (Å²) in [6.07, 6.45) is 11.2. The van der Waals surface area contributed by atoms with E-state index in [0.717, 1.165) is 51.4 Å². The van der Waals surface area contributed by atoms with Crippen LogP contribution in [0.1, 0.15) is 141 Å². The van der Waals surface area contributed by atoms with Gasteiger partial charge >= 0.3 is 14.0 Å². The molecule has 0 bridgehead atoms. The number of nitrogen functional groups attached to an aromatic ring is 1. The number of hydrogen-bond donors (Lipinski definition) is 1. The number of fused-ring (bicyclic) bond motifs is 2. The fourth-order valence-corrected chi connectivity index (χ4v) is 9.06. The number of nitrogens with two attached hydrogens (primary N) is 1. The SMILES string of the molecule is CC1(C)O[C@H]2[C@H](c3ccc4c(N)ncnn34)O[C@](C#N)(COP(=O)(OCCCCCCCCCCCCCCCCCCCC(F)(F)F)Oc3ccccc3Cl)[C@H]2O1. The Morgan fingerprint density at radius 2 is 1.45 bits per heavy atom. The van der Waals surface area contributed by atoms with Gasteiger partial charge in [-0.15, -0.1) is 0 Å². The number of ether oxygens (including phenoxy) is 3. The number of phosphoric ester groups is 1. The predicted molar refractivity (Wildman–Crippen MR) is 214 cm³/mol. The second-order valence-corrected chi connectivity index (χ2v) is 17.7. The van der Waals surface area contributed by atoms with Crippen LogP contribution in [0.5, 0.6) is 5.75 Å². The van der Waals surface area contributed by atoms with Crippen molar-refractivity contribution in [2.75, 3.05) is 18.9 Å². The van der Waals surface area contributed by atoms with Gasteiger partial charge in [0.05, 0.1) is 17.3 Å². The molecule has 12 nitrogen and oxygen atoms in total. The van der Waals surface area contributed by atoms with Gasteiger partial charge < -0.3 is 24.5 Å². The number of nitriles is 1. The second-order valence-electron chi connectivity index (χ2n) is 15.7. The first-order chi connectivity index (χ1) is 27.7. The van der Waals surface area contributed by atoms with Crippen molar-refractivity contribution in [3.63, 3.8) is 0 Å². The molecule has 0 radical (unpaired) electrons. The van der Waals surface area contributed by atoms with Crippen molar-refractivity contribution in [1.82, 2.24) is 14.6 Å². The molecule has 58 heavy (non-hydrogen) atoms. The van der Waals surface area contributed by atoms with Gasteiger partial charge in [0.25, 0.3) is 0 Å². The molecule has 0 aliphatic carbocycles. The van der Waals surface area contributed by atoms with E-state index in [2.05, 4.69) is 16.2 Å². The maximum absolute atomic E-state index is 14.3. The lowest BCUT2D eigenvalue weighted by Crippen LogP contribution is -2.46. The number of phosphoric acid groups is 1. The Labute approximate surface area is 344 Å². The van der Waals surface area contributed by atoms with Crippen molar-refractivity contribution in [1.29, 1.82) is 5.26 Å². The van der Waals surface area contributed by atoms with Crippen molar-refractivity contribution in [2.24, 2.45) is 0 Å². The Hall–Kier alpha value is -2.96. The van der Waals surface area contributed by atoms with Crippen LogP contribution in [0.4, 0.5) is 19.0 Å². The van der Waals surface area contributed by atoms with Crippen LogP contribution >= 0.6 is 19.4 Å². The highest BCUT2D eigenvalue weighted by Crippen LogP contribution is 2.55. The van der Waals surface area contributed by atoms with Crippen molar-refractivity contribution in [2.45, 2.75) is 165 Å². The molecule has 322 valence electrons. The summed E-state index contributed by atoms with van der Waals surface area (Å²) >= 11 is 6.36. The van der Waals surface area contributed by atoms with Gasteiger partial charge in [-0.3, -0.25) is 9.05 Å². The van der Waals surface area contributed by atoms with E-state index < -0.39 is 56.7 Å². The zero-order valence-electron chi connectivity index (χ0n) is 33.6. The molecule has 17 heteroatoms. The first kappa shape index (κ1) is 46.1. The molecule has 0 saturated carbocycles. The number of anilines is 1. The summed E-state index contributed by atoms with van der Waals surface area (Å²) in [6.45, 7) is 3.05. The van der Waals surface area contributed by atoms with Crippen LogP contribution in [0, 0.1) is 11.3 Å². The average Bonchev–Trinajstić information content (AvgIpc) is 3.84. The zero-order valence-corrected chi connectivity index (χ0v) is 35.2. The molecule has 5 rings (SSSR count). The fourth-order valence-electron chi connectivity index (χ4n) is 7.55. The van der Waals surface area contributed by atoms with E-state index in [-0.39, 0.29) is 29.6 Å². The van der Waals surface area contributed by atoms with E-state index in [9.17, 15) is 23.0 Å². The fraction of sp³-hybridized carbons (Fsp3) is 0.683. The third kappa shape index (κ3) is 13.3. The average molecular weight is 856 g/mol. The van der Waals surface area contributed by atoms with Crippen molar-refractivity contribution in [3.05, 3.63) is 53.4 Å². The van der Waals surface area contributed by atoms with Crippen LogP contribution in [-0.4, -0.2) is 57.6 Å². The summed E-state index contributed by atoms with van der Waals surface area (Å²) in [4.78, 5) is 4.05. The molecule has 5 atom stereocenters. The minimum Gasteiger partial charge on any atom is -0.402 e. The summed E-state index contributed by atoms with van der Waals surface area (Å²) in [5, 5.41) is 15.2. The van der Waals surface area contributed by atoms with E-state index in [1.807, 2.05) is 0 Å². The highest BCUT2D eigenvalue weighted by molar-refractivity contribution is 7.48. The standard InChI is InChI=1S/C41H58ClF3N5O7P/c1-39(2)54-36-35(32-24-25-33-38(47)48-30-49-50(32)33)55-40(28-46,37(36)56-39)29-53-58(51,57-34-23-19-18-22-31(34)42)52-27-21-17-15-13-11-9-7-5-3-4-6-8-10-12-14-16-20-26-41(43,44)45/h18-19,22-25,30,35-37H,3-17,20-21,26-27,29H2,1-2H3,(H2,47,48,49)/t35-,36-,37-,40+,58?/m0/s1. The van der Waals surface area contributed by atoms with Crippen LogP contribution in [0.25, 0.3) is 5.52 Å². The first-order valence-corrected chi connectivity index (χ1v) is 22.5. The predicted octanol–water partition coefficient (Wildman–Crippen LogP) is 11.6. The number of alkyl halides is 3. The Bertz CT molecular complexity index is 1830. The van der Waals surface area contributed by atoms with Crippen molar-refractivity contribution >= 4 is 30.8 Å². The minimum atomic E-state index is -4.36. The van der Waals surface area contributed by atoms with E-state index in [1.54, 1.807) is 54.8 Å². The maximum Gasteiger partial charge on any atom is 0.530 e. The lowest BCUT2D eigenvalue weighted by molar-refractivity contribution is -0.204. The third-order valence-corrected chi connectivity index (χ3v) is 12.2. The van der Waals surface area contributed by atoms with Crippen LogP contribution in [-0.2, 0) is 27.8 Å². The number of para-hydroxylation sites is 1. The Balaban J connectivity index is 1.04. The number of nitrogens with zero attached hydrogens (tertiary/aromatic N) is 4. The molecular weight excluding hydrogens is 798 g/mol. The van der Waals surface area contributed by atoms with Crippen molar-refractivity contribution in [3.8, 4) is 11.8 Å². The monoisotopic (exact) mass is 855 g/mol. The summed E-state index contributed by atoms with van der Waals surface area (Å²) in [6, 6.07) is 12.3. The molecule has 4 heterocycles. The highest BCUT2D eigenvalue weighted by Gasteiger charge is 2.65. The lowest BCUT2D eigenvalue weighted by Gasteiger charge is -2.30. The number of benzene rings is 1. The van der Waals surface area contributed by atoms with Crippen LogP contribution < -0.4 is 10.3 Å². The third-order valence-electron chi connectivity index (χ3n) is 10.6. The highest BCUT2D eigenvalue weighted by atomic mass is 35.5. The number of unbranched alkanes of at least 4 members (excludes halogenated alkanes) is 16. The Morgan fingerprint density at radius 3 is 2.03 bits per heavy atom. The number of aromatic nitrogens is 3. The molecule has 1 aromatic carbocycles. The van der Waals surface area contributed by atoms with Gasteiger partial charge in [0.2, 0.25) is 5.60 Å². The molecule has 2 aromatic heterocycles. The summed E-state index contributed by atoms with van der Waals surface area (Å²) in [7, 11) is -4.36. The smallest absolute Gasteiger partial charge is 0.402 e. The van der Waals surface area contributed by atoms with E-state index in [4.69, 9.17) is 45.1 Å². The summed E-state index contributed by atoms with van der Waals surface area (Å²) in [5.41, 5.74) is 5.41. The van der Waals surface area contributed by atoms with E-state index in [1.165, 1.54) is 44.9 Å². The van der Waals surface area contributed by atoms with Crippen LogP contribution in [0.3, 0.4) is 0 Å². The quantitative estimate of drug-likeness (QED) is 0.0606. The normalized spacial score (nSPS) is 22.5. The Morgan fingerprint density at radius 1 is 0.862 bits per heavy atom. The zero-order chi connectivity index (χ0) is 41.7. The van der Waals surface area contributed by atoms with Gasteiger partial charge in [-0.05, 0) is 51.0 Å². The molecule has 0 amide bonds. The van der Waals surface area contributed by atoms with Gasteiger partial charge in [-0.2, -0.15) is 23.5 Å². The second kappa shape index (κ2) is 21.5. The van der Waals surface area contributed by atoms with Crippen LogP contribution in [0.2, 0.25) is 5.02 Å². The van der Waals surface area contributed by atoms with Gasteiger partial charge in [0, 0.05) is 6.42 Å². The summed E-state index contributed by atoms with van der Waals surface area (Å²) < 4.78 is 89.0. The summed E-state index contributed by atoms with van der Waals surface area (Å²) in [5.74, 6) is -0.682. The molecule has 2 fully saturated rings. The maximum atomic E-state index is 14.3. The van der Waals surface area contributed by atoms with Gasteiger partial charge in [0.15, 0.2) is 11.6 Å². The molecule has 2 N–H and O–H groups in total. The molecule has 3 aromatic rings. The number of rotatable bonds is 26. The Kier molecular flexibility index (Phi) is 17.1. The van der Waals surface area contributed by atoms with E-state index >= 15 is 0 Å². The topological polar surface area (TPSA) is 152 Å². The molecule has 2 saturated heterocycles. The van der Waals surface area contributed by atoms with E-state index in [0.29, 0.717) is 24.1 Å². The van der Waals surface area contributed by atoms with Crippen molar-refractivity contribution < 1.29 is 45.5 Å².